The maximum absolute atomic E-state index is 12.6. The lowest BCUT2D eigenvalue weighted by Crippen LogP contribution is -2.14. The van der Waals surface area contributed by atoms with Crippen LogP contribution in [0.4, 0.5) is 11.5 Å². The van der Waals surface area contributed by atoms with Crippen LogP contribution in [-0.2, 0) is 0 Å². The molecule has 27 heavy (non-hydrogen) atoms. The molecule has 2 aromatic heterocycles. The van der Waals surface area contributed by atoms with Crippen LogP contribution in [0.25, 0.3) is 10.9 Å². The highest BCUT2D eigenvalue weighted by Gasteiger charge is 2.11. The van der Waals surface area contributed by atoms with Crippen LogP contribution >= 0.6 is 11.3 Å². The molecular weight excluding hydrogens is 358 g/mol. The Morgan fingerprint density at radius 3 is 2.56 bits per heavy atom. The number of nitrogens with zero attached hydrogens (tertiary/aromatic N) is 1. The van der Waals surface area contributed by atoms with Gasteiger partial charge in [0.25, 0.3) is 11.8 Å². The molecule has 0 aliphatic carbocycles. The summed E-state index contributed by atoms with van der Waals surface area (Å²) in [4.78, 5) is 29.8. The van der Waals surface area contributed by atoms with E-state index < -0.39 is 0 Å². The standard InChI is InChI=1S/C21H15N3O2S/c25-20(24-19-11-10-14-5-1-2-8-17(14)23-19)15-6-3-7-16(13-15)22-21(26)18-9-4-12-27-18/h1-13H,(H,22,26)(H,23,24,25). The largest absolute Gasteiger partial charge is 0.321 e. The van der Waals surface area contributed by atoms with Crippen molar-refractivity contribution in [2.45, 2.75) is 0 Å². The van der Waals surface area contributed by atoms with E-state index in [1.807, 2.05) is 41.8 Å². The number of thiophene rings is 1. The molecule has 132 valence electrons. The molecule has 0 radical (unpaired) electrons. The molecule has 0 fully saturated rings. The second-order valence-electron chi connectivity index (χ2n) is 5.86. The third-order valence-corrected chi connectivity index (χ3v) is 4.84. The van der Waals surface area contributed by atoms with Gasteiger partial charge in [-0.25, -0.2) is 4.98 Å². The summed E-state index contributed by atoms with van der Waals surface area (Å²) >= 11 is 1.36. The molecule has 0 saturated heterocycles. The average molecular weight is 373 g/mol. The minimum atomic E-state index is -0.287. The number of hydrogen-bond acceptors (Lipinski definition) is 4. The van der Waals surface area contributed by atoms with Gasteiger partial charge >= 0.3 is 0 Å². The first-order chi connectivity index (χ1) is 13.2. The Labute approximate surface area is 159 Å². The fourth-order valence-electron chi connectivity index (χ4n) is 2.66. The third kappa shape index (κ3) is 3.86. The van der Waals surface area contributed by atoms with Crippen LogP contribution in [0.2, 0.25) is 0 Å². The smallest absolute Gasteiger partial charge is 0.265 e. The van der Waals surface area contributed by atoms with Crippen molar-refractivity contribution in [3.63, 3.8) is 0 Å². The molecule has 2 amide bonds. The van der Waals surface area contributed by atoms with Gasteiger partial charge in [0.05, 0.1) is 10.4 Å². The number of para-hydroxylation sites is 1. The number of amides is 2. The van der Waals surface area contributed by atoms with Crippen molar-refractivity contribution in [2.75, 3.05) is 10.6 Å². The lowest BCUT2D eigenvalue weighted by molar-refractivity contribution is 0.101. The van der Waals surface area contributed by atoms with Crippen LogP contribution in [0.15, 0.2) is 78.2 Å². The molecule has 0 aliphatic heterocycles. The van der Waals surface area contributed by atoms with Gasteiger partial charge in [0.2, 0.25) is 0 Å². The number of pyridine rings is 1. The van der Waals surface area contributed by atoms with Gasteiger partial charge in [-0.1, -0.05) is 30.3 Å². The second-order valence-corrected chi connectivity index (χ2v) is 6.80. The molecule has 4 aromatic rings. The minimum Gasteiger partial charge on any atom is -0.321 e. The van der Waals surface area contributed by atoms with Gasteiger partial charge in [0.15, 0.2) is 0 Å². The van der Waals surface area contributed by atoms with Crippen molar-refractivity contribution >= 4 is 45.6 Å². The Bertz CT molecular complexity index is 1120. The molecule has 0 unspecified atom stereocenters. The molecule has 0 atom stereocenters. The Kier molecular flexibility index (Phi) is 4.63. The van der Waals surface area contributed by atoms with Crippen molar-refractivity contribution < 1.29 is 9.59 Å². The molecule has 2 N–H and O–H groups in total. The Morgan fingerprint density at radius 2 is 1.70 bits per heavy atom. The number of aromatic nitrogens is 1. The fourth-order valence-corrected chi connectivity index (χ4v) is 3.28. The molecule has 2 aromatic carbocycles. The highest BCUT2D eigenvalue weighted by atomic mass is 32.1. The van der Waals surface area contributed by atoms with Crippen LogP contribution in [0, 0.1) is 0 Å². The average Bonchev–Trinajstić information content (AvgIpc) is 3.23. The van der Waals surface area contributed by atoms with E-state index in [4.69, 9.17) is 0 Å². The zero-order valence-electron chi connectivity index (χ0n) is 14.2. The number of benzene rings is 2. The summed E-state index contributed by atoms with van der Waals surface area (Å²) in [6.07, 6.45) is 0. The van der Waals surface area contributed by atoms with Crippen LogP contribution in [0.1, 0.15) is 20.0 Å². The van der Waals surface area contributed by atoms with Crippen LogP contribution in [0.3, 0.4) is 0 Å². The Balaban J connectivity index is 1.50. The van der Waals surface area contributed by atoms with Crippen molar-refractivity contribution in [2.24, 2.45) is 0 Å². The lowest BCUT2D eigenvalue weighted by Gasteiger charge is -2.08. The Hall–Kier alpha value is -3.51. The SMILES string of the molecule is O=C(Nc1ccc2ccccc2n1)c1cccc(NC(=O)c2cccs2)c1. The second kappa shape index (κ2) is 7.39. The van der Waals surface area contributed by atoms with Crippen LogP contribution in [0.5, 0.6) is 0 Å². The molecule has 0 bridgehead atoms. The molecule has 5 nitrogen and oxygen atoms in total. The predicted octanol–water partition coefficient (Wildman–Crippen LogP) is 4.80. The van der Waals surface area contributed by atoms with Crippen molar-refractivity contribution in [1.29, 1.82) is 0 Å². The quantitative estimate of drug-likeness (QED) is 0.540. The van der Waals surface area contributed by atoms with Gasteiger partial charge in [0, 0.05) is 16.6 Å². The van der Waals surface area contributed by atoms with E-state index in [-0.39, 0.29) is 11.8 Å². The van der Waals surface area contributed by atoms with E-state index in [0.717, 1.165) is 10.9 Å². The lowest BCUT2D eigenvalue weighted by atomic mass is 10.2. The number of carbonyl (C=O) groups excluding carboxylic acids is 2. The summed E-state index contributed by atoms with van der Waals surface area (Å²) < 4.78 is 0. The van der Waals surface area contributed by atoms with E-state index in [1.165, 1.54) is 11.3 Å². The van der Waals surface area contributed by atoms with Gasteiger partial charge in [0.1, 0.15) is 5.82 Å². The highest BCUT2D eigenvalue weighted by Crippen LogP contribution is 2.18. The first kappa shape index (κ1) is 16.9. The van der Waals surface area contributed by atoms with Gasteiger partial charge in [-0.05, 0) is 47.8 Å². The number of hydrogen-bond donors (Lipinski definition) is 2. The molecule has 0 saturated carbocycles. The number of fused-ring (bicyclic) bond motifs is 1. The van der Waals surface area contributed by atoms with E-state index in [2.05, 4.69) is 15.6 Å². The van der Waals surface area contributed by atoms with E-state index >= 15 is 0 Å². The number of rotatable bonds is 4. The summed E-state index contributed by atoms with van der Waals surface area (Å²) in [7, 11) is 0. The van der Waals surface area contributed by atoms with Gasteiger partial charge < -0.3 is 10.6 Å². The van der Waals surface area contributed by atoms with Crippen molar-refractivity contribution in [3.05, 3.63) is 88.6 Å². The third-order valence-electron chi connectivity index (χ3n) is 3.97. The first-order valence-electron chi connectivity index (χ1n) is 8.31. The zero-order valence-corrected chi connectivity index (χ0v) is 15.0. The molecule has 4 rings (SSSR count). The first-order valence-corrected chi connectivity index (χ1v) is 9.19. The van der Waals surface area contributed by atoms with Crippen LogP contribution < -0.4 is 10.6 Å². The topological polar surface area (TPSA) is 71.1 Å². The van der Waals surface area contributed by atoms with Crippen molar-refractivity contribution in [3.8, 4) is 0 Å². The molecule has 6 heteroatoms. The summed E-state index contributed by atoms with van der Waals surface area (Å²) in [6.45, 7) is 0. The van der Waals surface area contributed by atoms with Crippen molar-refractivity contribution in [1.82, 2.24) is 4.98 Å². The van der Waals surface area contributed by atoms with Gasteiger partial charge in [-0.2, -0.15) is 0 Å². The molecule has 0 aliphatic rings. The highest BCUT2D eigenvalue weighted by molar-refractivity contribution is 7.12. The summed E-state index contributed by atoms with van der Waals surface area (Å²) in [5.41, 5.74) is 1.81. The maximum atomic E-state index is 12.6. The molecule has 0 spiro atoms. The summed E-state index contributed by atoms with van der Waals surface area (Å²) in [5.74, 6) is -0.00418. The summed E-state index contributed by atoms with van der Waals surface area (Å²) in [6, 6.07) is 21.8. The zero-order chi connectivity index (χ0) is 18.6. The van der Waals surface area contributed by atoms with E-state index in [1.54, 1.807) is 36.4 Å². The number of anilines is 2. The monoisotopic (exact) mass is 373 g/mol. The maximum Gasteiger partial charge on any atom is 0.265 e. The predicted molar refractivity (Wildman–Crippen MR) is 108 cm³/mol. The summed E-state index contributed by atoms with van der Waals surface area (Å²) in [5, 5.41) is 8.45. The minimum absolute atomic E-state index is 0.196. The fraction of sp³-hybridized carbons (Fsp3) is 0. The van der Waals surface area contributed by atoms with Gasteiger partial charge in [-0.3, -0.25) is 9.59 Å². The number of carbonyl (C=O) groups is 2. The molecular formula is C21H15N3O2S. The Morgan fingerprint density at radius 1 is 0.815 bits per heavy atom. The normalized spacial score (nSPS) is 10.5. The molecule has 2 heterocycles. The number of nitrogens with one attached hydrogen (secondary N) is 2. The van der Waals surface area contributed by atoms with E-state index in [9.17, 15) is 9.59 Å². The van der Waals surface area contributed by atoms with Gasteiger partial charge in [-0.15, -0.1) is 11.3 Å². The van der Waals surface area contributed by atoms with Crippen LogP contribution in [-0.4, -0.2) is 16.8 Å². The van der Waals surface area contributed by atoms with E-state index in [0.29, 0.717) is 21.9 Å².